The molecule has 3 fully saturated rings. The fraction of sp³-hybridized carbons (Fsp3) is 0.556. The van der Waals surface area contributed by atoms with Crippen molar-refractivity contribution in [2.24, 2.45) is 11.3 Å². The molecule has 2 aromatic heterocycles. The maximum Gasteiger partial charge on any atom is 0.325 e. The fourth-order valence-corrected chi connectivity index (χ4v) is 6.87. The number of pyridine rings is 1. The summed E-state index contributed by atoms with van der Waals surface area (Å²) in [5, 5.41) is 5.08. The molecule has 7 nitrogen and oxygen atoms in total. The number of aromatic nitrogens is 1. The van der Waals surface area contributed by atoms with E-state index < -0.39 is 5.54 Å². The monoisotopic (exact) mass is 494 g/mol. The van der Waals surface area contributed by atoms with Crippen LogP contribution in [0, 0.1) is 11.3 Å². The second kappa shape index (κ2) is 9.72. The molecule has 1 N–H and O–H groups in total. The van der Waals surface area contributed by atoms with Gasteiger partial charge in [-0.3, -0.25) is 19.5 Å². The van der Waals surface area contributed by atoms with E-state index in [1.54, 1.807) is 17.5 Å². The second-order valence-corrected chi connectivity index (χ2v) is 11.5. The highest BCUT2D eigenvalue weighted by molar-refractivity contribution is 7.09. The number of carbonyl (C=O) groups is 3. The minimum atomic E-state index is -1.18. The van der Waals surface area contributed by atoms with Crippen LogP contribution in [-0.4, -0.2) is 52.3 Å². The molecule has 4 heterocycles. The van der Waals surface area contributed by atoms with Crippen molar-refractivity contribution < 1.29 is 14.4 Å². The molecule has 35 heavy (non-hydrogen) atoms. The second-order valence-electron chi connectivity index (χ2n) is 10.4. The Balaban J connectivity index is 1.35. The number of likely N-dealkylation sites (tertiary alicyclic amines) is 1. The summed E-state index contributed by atoms with van der Waals surface area (Å²) in [7, 11) is 0. The molecule has 0 spiro atoms. The minimum absolute atomic E-state index is 0.121. The van der Waals surface area contributed by atoms with E-state index in [-0.39, 0.29) is 29.2 Å². The zero-order chi connectivity index (χ0) is 24.5. The van der Waals surface area contributed by atoms with E-state index in [2.05, 4.69) is 17.2 Å². The number of carbonyl (C=O) groups excluding carboxylic acids is 3. The molecule has 186 valence electrons. The minimum Gasteiger partial charge on any atom is -0.342 e. The number of thiophene rings is 1. The van der Waals surface area contributed by atoms with Crippen molar-refractivity contribution in [1.29, 1.82) is 0 Å². The topological polar surface area (TPSA) is 82.6 Å². The molecule has 2 aromatic rings. The molecule has 3 aliphatic rings. The SMILES string of the molecule is CC1(C(=O)N2CCC(C3(c4ccccn4)NC(=O)N(CCc4cccs4)C3=O)CC2)CCCCC1. The summed E-state index contributed by atoms with van der Waals surface area (Å²) in [6.45, 7) is 3.66. The Hall–Kier alpha value is -2.74. The zero-order valence-electron chi connectivity index (χ0n) is 20.4. The third-order valence-electron chi connectivity index (χ3n) is 8.23. The number of amides is 4. The van der Waals surface area contributed by atoms with Crippen LogP contribution in [0.5, 0.6) is 0 Å². The molecule has 0 aromatic carbocycles. The largest absolute Gasteiger partial charge is 0.342 e. The van der Waals surface area contributed by atoms with Gasteiger partial charge in [-0.15, -0.1) is 11.3 Å². The molecule has 1 aliphatic carbocycles. The average molecular weight is 495 g/mol. The third-order valence-corrected chi connectivity index (χ3v) is 9.17. The van der Waals surface area contributed by atoms with E-state index in [9.17, 15) is 14.4 Å². The van der Waals surface area contributed by atoms with E-state index in [0.717, 1.165) is 30.6 Å². The summed E-state index contributed by atoms with van der Waals surface area (Å²) in [5.41, 5.74) is -0.863. The highest BCUT2D eigenvalue weighted by atomic mass is 32.1. The van der Waals surface area contributed by atoms with Crippen LogP contribution >= 0.6 is 11.3 Å². The normalized spacial score (nSPS) is 25.1. The van der Waals surface area contributed by atoms with Gasteiger partial charge < -0.3 is 10.2 Å². The molecule has 2 saturated heterocycles. The molecule has 0 radical (unpaired) electrons. The van der Waals surface area contributed by atoms with E-state index in [0.29, 0.717) is 44.6 Å². The van der Waals surface area contributed by atoms with Gasteiger partial charge in [-0.1, -0.05) is 38.3 Å². The Labute approximate surface area is 210 Å². The van der Waals surface area contributed by atoms with Gasteiger partial charge >= 0.3 is 6.03 Å². The van der Waals surface area contributed by atoms with Gasteiger partial charge in [0, 0.05) is 42.0 Å². The molecule has 1 saturated carbocycles. The van der Waals surface area contributed by atoms with Crippen LogP contribution < -0.4 is 5.32 Å². The Bertz CT molecular complexity index is 1060. The quantitative estimate of drug-likeness (QED) is 0.606. The van der Waals surface area contributed by atoms with Crippen LogP contribution in [0.1, 0.15) is 62.4 Å². The molecule has 1 unspecified atom stereocenters. The van der Waals surface area contributed by atoms with E-state index in [1.807, 2.05) is 40.6 Å². The predicted octanol–water partition coefficient (Wildman–Crippen LogP) is 4.34. The Morgan fingerprint density at radius 1 is 1.11 bits per heavy atom. The van der Waals surface area contributed by atoms with Gasteiger partial charge in [0.05, 0.1) is 5.69 Å². The molecule has 8 heteroatoms. The number of hydrogen-bond donors (Lipinski definition) is 1. The lowest BCUT2D eigenvalue weighted by Crippen LogP contribution is -2.55. The lowest BCUT2D eigenvalue weighted by molar-refractivity contribution is -0.145. The maximum atomic E-state index is 13.9. The van der Waals surface area contributed by atoms with Crippen LogP contribution in [0.25, 0.3) is 0 Å². The lowest BCUT2D eigenvalue weighted by atomic mass is 9.72. The fourth-order valence-electron chi connectivity index (χ4n) is 6.17. The molecule has 2 aliphatic heterocycles. The predicted molar refractivity (Wildman–Crippen MR) is 135 cm³/mol. The van der Waals surface area contributed by atoms with Crippen molar-refractivity contribution in [2.75, 3.05) is 19.6 Å². The first-order valence-electron chi connectivity index (χ1n) is 12.8. The van der Waals surface area contributed by atoms with E-state index in [4.69, 9.17) is 0 Å². The van der Waals surface area contributed by atoms with Gasteiger partial charge in [0.2, 0.25) is 5.91 Å². The molecular weight excluding hydrogens is 460 g/mol. The summed E-state index contributed by atoms with van der Waals surface area (Å²) in [4.78, 5) is 49.5. The van der Waals surface area contributed by atoms with Crippen LogP contribution in [0.15, 0.2) is 41.9 Å². The first-order chi connectivity index (χ1) is 16.9. The number of piperidine rings is 1. The number of nitrogens with one attached hydrogen (secondary N) is 1. The summed E-state index contributed by atoms with van der Waals surface area (Å²) in [5.74, 6) is -0.0903. The summed E-state index contributed by atoms with van der Waals surface area (Å²) in [6.07, 6.45) is 8.98. The maximum absolute atomic E-state index is 13.9. The molecule has 1 atom stereocenters. The first kappa shape index (κ1) is 24.0. The number of nitrogens with zero attached hydrogens (tertiary/aromatic N) is 3. The van der Waals surface area contributed by atoms with Gasteiger partial charge in [0.15, 0.2) is 5.54 Å². The van der Waals surface area contributed by atoms with Gasteiger partial charge in [-0.05, 0) is 55.7 Å². The number of imide groups is 1. The Morgan fingerprint density at radius 2 is 1.89 bits per heavy atom. The molecule has 0 bridgehead atoms. The van der Waals surface area contributed by atoms with Gasteiger partial charge in [0.1, 0.15) is 0 Å². The van der Waals surface area contributed by atoms with Crippen LogP contribution in [0.2, 0.25) is 0 Å². The van der Waals surface area contributed by atoms with Crippen molar-refractivity contribution >= 4 is 29.2 Å². The number of rotatable bonds is 6. The van der Waals surface area contributed by atoms with Crippen LogP contribution in [0.3, 0.4) is 0 Å². The Morgan fingerprint density at radius 3 is 2.54 bits per heavy atom. The molecule has 4 amide bonds. The highest BCUT2D eigenvalue weighted by Gasteiger charge is 2.58. The smallest absolute Gasteiger partial charge is 0.325 e. The lowest BCUT2D eigenvalue weighted by Gasteiger charge is -2.43. The van der Waals surface area contributed by atoms with Gasteiger partial charge in [-0.25, -0.2) is 4.79 Å². The number of urea groups is 1. The summed E-state index contributed by atoms with van der Waals surface area (Å²) in [6, 6.07) is 9.16. The van der Waals surface area contributed by atoms with Crippen molar-refractivity contribution in [1.82, 2.24) is 20.1 Å². The highest BCUT2D eigenvalue weighted by Crippen LogP contribution is 2.43. The van der Waals surface area contributed by atoms with Crippen LogP contribution in [-0.2, 0) is 21.5 Å². The van der Waals surface area contributed by atoms with Gasteiger partial charge in [-0.2, -0.15) is 0 Å². The average Bonchev–Trinajstić information content (AvgIpc) is 3.50. The van der Waals surface area contributed by atoms with Crippen LogP contribution in [0.4, 0.5) is 4.79 Å². The summed E-state index contributed by atoms with van der Waals surface area (Å²) < 4.78 is 0. The van der Waals surface area contributed by atoms with Gasteiger partial charge in [0.25, 0.3) is 5.91 Å². The van der Waals surface area contributed by atoms with Crippen molar-refractivity contribution in [3.05, 3.63) is 52.5 Å². The molecular formula is C27H34N4O3S. The number of hydrogen-bond acceptors (Lipinski definition) is 5. The zero-order valence-corrected chi connectivity index (χ0v) is 21.2. The van der Waals surface area contributed by atoms with Crippen molar-refractivity contribution in [3.8, 4) is 0 Å². The Kier molecular flexibility index (Phi) is 6.66. The van der Waals surface area contributed by atoms with E-state index >= 15 is 0 Å². The first-order valence-corrected chi connectivity index (χ1v) is 13.7. The van der Waals surface area contributed by atoms with E-state index in [1.165, 1.54) is 11.3 Å². The third kappa shape index (κ3) is 4.37. The van der Waals surface area contributed by atoms with Crippen molar-refractivity contribution in [2.45, 2.75) is 63.8 Å². The summed E-state index contributed by atoms with van der Waals surface area (Å²) >= 11 is 1.63. The molecule has 5 rings (SSSR count). The van der Waals surface area contributed by atoms with Crippen molar-refractivity contribution in [3.63, 3.8) is 0 Å². The standard InChI is InChI=1S/C27H34N4O3S/c1-26(13-4-2-5-14-26)23(32)30-16-10-20(11-17-30)27(22-9-3-6-15-28-22)24(33)31(25(34)29-27)18-12-21-8-7-19-35-21/h3,6-9,15,19-20H,2,4-5,10-14,16-18H2,1H3,(H,29,34).